The predicted octanol–water partition coefficient (Wildman–Crippen LogP) is 4.69. The van der Waals surface area contributed by atoms with Crippen LogP contribution in [0.15, 0.2) is 72.9 Å². The van der Waals surface area contributed by atoms with Crippen molar-refractivity contribution in [3.63, 3.8) is 0 Å². The second-order valence-corrected chi connectivity index (χ2v) is 5.85. The van der Waals surface area contributed by atoms with Crippen LogP contribution in [-0.2, 0) is 0 Å². The minimum atomic E-state index is 0.184. The van der Waals surface area contributed by atoms with Crippen molar-refractivity contribution >= 4 is 10.8 Å². The van der Waals surface area contributed by atoms with Crippen molar-refractivity contribution in [2.24, 2.45) is 0 Å². The zero-order valence-electron chi connectivity index (χ0n) is 13.2. The molecule has 4 rings (SSSR count). The Morgan fingerprint density at radius 2 is 1.16 bits per heavy atom. The van der Waals surface area contributed by atoms with E-state index in [9.17, 15) is 15.3 Å². The number of nitrogens with zero attached hydrogens (tertiary/aromatic N) is 1. The molecule has 0 bridgehead atoms. The number of aromatic hydroxyl groups is 3. The summed E-state index contributed by atoms with van der Waals surface area (Å²) >= 11 is 0. The number of benzene rings is 3. The molecule has 0 aliphatic rings. The van der Waals surface area contributed by atoms with Gasteiger partial charge in [-0.15, -0.1) is 0 Å². The molecule has 4 heteroatoms. The zero-order valence-corrected chi connectivity index (χ0v) is 13.2. The van der Waals surface area contributed by atoms with Gasteiger partial charge in [-0.2, -0.15) is 0 Å². The van der Waals surface area contributed by atoms with Crippen LogP contribution >= 0.6 is 0 Å². The fraction of sp³-hybridized carbons (Fsp3) is 0. The first-order valence-corrected chi connectivity index (χ1v) is 7.82. The standard InChI is InChI=1S/C21H15NO3/c23-16-5-1-13(2-6-16)20-19-10-9-18(25)11-15(19)12-22-21(20)14-3-7-17(24)8-4-14/h1-12,23-25H. The molecule has 4 aromatic rings. The average Bonchev–Trinajstić information content (AvgIpc) is 2.62. The number of fused-ring (bicyclic) bond motifs is 1. The molecule has 0 unspecified atom stereocenters. The van der Waals surface area contributed by atoms with E-state index in [-0.39, 0.29) is 17.2 Å². The fourth-order valence-corrected chi connectivity index (χ4v) is 2.97. The molecule has 0 amide bonds. The minimum Gasteiger partial charge on any atom is -0.508 e. The van der Waals surface area contributed by atoms with Crippen molar-refractivity contribution < 1.29 is 15.3 Å². The molecule has 1 heterocycles. The summed E-state index contributed by atoms with van der Waals surface area (Å²) in [6.45, 7) is 0. The van der Waals surface area contributed by atoms with Crippen LogP contribution in [0.3, 0.4) is 0 Å². The average molecular weight is 329 g/mol. The molecule has 0 aliphatic carbocycles. The number of hydrogen-bond acceptors (Lipinski definition) is 4. The first-order valence-electron chi connectivity index (χ1n) is 7.82. The van der Waals surface area contributed by atoms with Crippen LogP contribution in [0.25, 0.3) is 33.2 Å². The maximum Gasteiger partial charge on any atom is 0.116 e. The molecule has 122 valence electrons. The van der Waals surface area contributed by atoms with Gasteiger partial charge in [-0.25, -0.2) is 0 Å². The predicted molar refractivity (Wildman–Crippen MR) is 97.6 cm³/mol. The van der Waals surface area contributed by atoms with Crippen molar-refractivity contribution in [3.8, 4) is 39.6 Å². The molecule has 3 aromatic carbocycles. The van der Waals surface area contributed by atoms with Crippen LogP contribution in [0.2, 0.25) is 0 Å². The van der Waals surface area contributed by atoms with Crippen molar-refractivity contribution in [2.45, 2.75) is 0 Å². The monoisotopic (exact) mass is 329 g/mol. The van der Waals surface area contributed by atoms with Crippen LogP contribution in [0, 0.1) is 0 Å². The van der Waals surface area contributed by atoms with E-state index in [1.807, 2.05) is 30.3 Å². The maximum absolute atomic E-state index is 9.76. The van der Waals surface area contributed by atoms with Gasteiger partial charge in [-0.3, -0.25) is 4.98 Å². The molecule has 25 heavy (non-hydrogen) atoms. The second-order valence-electron chi connectivity index (χ2n) is 5.85. The molecule has 0 radical (unpaired) electrons. The van der Waals surface area contributed by atoms with Crippen LogP contribution in [0.4, 0.5) is 0 Å². The first kappa shape index (κ1) is 15.0. The summed E-state index contributed by atoms with van der Waals surface area (Å²) in [5.41, 5.74) is 3.45. The van der Waals surface area contributed by atoms with E-state index in [0.717, 1.165) is 33.2 Å². The van der Waals surface area contributed by atoms with E-state index in [1.165, 1.54) is 0 Å². The summed E-state index contributed by atoms with van der Waals surface area (Å²) in [4.78, 5) is 4.59. The lowest BCUT2D eigenvalue weighted by atomic mass is 9.94. The molecule has 0 saturated heterocycles. The summed E-state index contributed by atoms with van der Waals surface area (Å²) < 4.78 is 0. The Hall–Kier alpha value is -3.53. The van der Waals surface area contributed by atoms with Gasteiger partial charge in [0.25, 0.3) is 0 Å². The van der Waals surface area contributed by atoms with Crippen molar-refractivity contribution in [1.82, 2.24) is 4.98 Å². The third kappa shape index (κ3) is 2.74. The molecule has 0 fully saturated rings. The van der Waals surface area contributed by atoms with Gasteiger partial charge in [-0.1, -0.05) is 12.1 Å². The number of pyridine rings is 1. The largest absolute Gasteiger partial charge is 0.508 e. The van der Waals surface area contributed by atoms with Crippen LogP contribution in [0.5, 0.6) is 17.2 Å². The maximum atomic E-state index is 9.76. The van der Waals surface area contributed by atoms with Crippen LogP contribution < -0.4 is 0 Å². The Bertz CT molecular complexity index is 1050. The van der Waals surface area contributed by atoms with Gasteiger partial charge in [-0.05, 0) is 65.5 Å². The lowest BCUT2D eigenvalue weighted by Gasteiger charge is -2.13. The molecular weight excluding hydrogens is 314 g/mol. The third-order valence-electron chi connectivity index (χ3n) is 4.17. The summed E-state index contributed by atoms with van der Waals surface area (Å²) in [6.07, 6.45) is 1.72. The first-order chi connectivity index (χ1) is 12.1. The quantitative estimate of drug-likeness (QED) is 0.499. The van der Waals surface area contributed by atoms with E-state index < -0.39 is 0 Å². The van der Waals surface area contributed by atoms with Crippen molar-refractivity contribution in [2.75, 3.05) is 0 Å². The Morgan fingerprint density at radius 1 is 0.600 bits per heavy atom. The van der Waals surface area contributed by atoms with Gasteiger partial charge in [0.2, 0.25) is 0 Å². The Morgan fingerprint density at radius 3 is 1.80 bits per heavy atom. The highest BCUT2D eigenvalue weighted by atomic mass is 16.3. The molecule has 0 atom stereocenters. The van der Waals surface area contributed by atoms with Crippen molar-refractivity contribution in [3.05, 3.63) is 72.9 Å². The zero-order chi connectivity index (χ0) is 17.4. The van der Waals surface area contributed by atoms with Crippen molar-refractivity contribution in [1.29, 1.82) is 0 Å². The molecule has 0 aliphatic heterocycles. The van der Waals surface area contributed by atoms with E-state index in [2.05, 4.69) is 4.98 Å². The van der Waals surface area contributed by atoms with E-state index in [1.54, 1.807) is 42.6 Å². The summed E-state index contributed by atoms with van der Waals surface area (Å²) in [6, 6.07) is 19.0. The number of rotatable bonds is 2. The fourth-order valence-electron chi connectivity index (χ4n) is 2.97. The molecular formula is C21H15NO3. The summed E-state index contributed by atoms with van der Waals surface area (Å²) in [5.74, 6) is 0.574. The summed E-state index contributed by atoms with van der Waals surface area (Å²) in [5, 5.41) is 30.7. The topological polar surface area (TPSA) is 73.6 Å². The van der Waals surface area contributed by atoms with E-state index >= 15 is 0 Å². The van der Waals surface area contributed by atoms with Gasteiger partial charge >= 0.3 is 0 Å². The highest BCUT2D eigenvalue weighted by Crippen LogP contribution is 2.38. The molecule has 3 N–H and O–H groups in total. The van der Waals surface area contributed by atoms with Gasteiger partial charge in [0, 0.05) is 22.7 Å². The number of hydrogen-bond donors (Lipinski definition) is 3. The van der Waals surface area contributed by atoms with Gasteiger partial charge in [0.15, 0.2) is 0 Å². The number of phenols is 3. The Labute approximate surface area is 144 Å². The molecule has 1 aromatic heterocycles. The Balaban J connectivity index is 2.05. The highest BCUT2D eigenvalue weighted by Gasteiger charge is 2.14. The lowest BCUT2D eigenvalue weighted by molar-refractivity contribution is 0.475. The second kappa shape index (κ2) is 5.83. The van der Waals surface area contributed by atoms with E-state index in [4.69, 9.17) is 0 Å². The third-order valence-corrected chi connectivity index (χ3v) is 4.17. The smallest absolute Gasteiger partial charge is 0.116 e. The highest BCUT2D eigenvalue weighted by molar-refractivity contribution is 6.02. The van der Waals surface area contributed by atoms with Crippen LogP contribution in [0.1, 0.15) is 0 Å². The van der Waals surface area contributed by atoms with Gasteiger partial charge < -0.3 is 15.3 Å². The van der Waals surface area contributed by atoms with Gasteiger partial charge in [0.1, 0.15) is 17.2 Å². The lowest BCUT2D eigenvalue weighted by Crippen LogP contribution is -1.91. The summed E-state index contributed by atoms with van der Waals surface area (Å²) in [7, 11) is 0. The molecule has 4 nitrogen and oxygen atoms in total. The molecule has 0 spiro atoms. The SMILES string of the molecule is Oc1ccc(-c2ncc3cc(O)ccc3c2-c2ccc(O)cc2)cc1. The minimum absolute atomic E-state index is 0.184. The van der Waals surface area contributed by atoms with Crippen LogP contribution in [-0.4, -0.2) is 20.3 Å². The number of phenolic OH excluding ortho intramolecular Hbond substituents is 3. The number of aromatic nitrogens is 1. The Kier molecular flexibility index (Phi) is 3.51. The molecule has 0 saturated carbocycles. The normalized spacial score (nSPS) is 10.9. The van der Waals surface area contributed by atoms with Gasteiger partial charge in [0.05, 0.1) is 5.69 Å². The van der Waals surface area contributed by atoms with E-state index in [0.29, 0.717) is 0 Å².